The van der Waals surface area contributed by atoms with Gasteiger partial charge in [0.25, 0.3) is 0 Å². The van der Waals surface area contributed by atoms with Gasteiger partial charge in [0.1, 0.15) is 0 Å². The number of anilines is 1. The Labute approximate surface area is 135 Å². The molecule has 21 heavy (non-hydrogen) atoms. The first kappa shape index (κ1) is 16.0. The van der Waals surface area contributed by atoms with Crippen LogP contribution in [0.1, 0.15) is 25.1 Å². The van der Waals surface area contributed by atoms with Gasteiger partial charge in [0, 0.05) is 23.3 Å². The predicted molar refractivity (Wildman–Crippen MR) is 92.5 cm³/mol. The van der Waals surface area contributed by atoms with Gasteiger partial charge in [-0.25, -0.2) is 0 Å². The Morgan fingerprint density at radius 1 is 1.29 bits per heavy atom. The minimum absolute atomic E-state index is 0.179. The Balaban J connectivity index is 2.18. The summed E-state index contributed by atoms with van der Waals surface area (Å²) in [5.41, 5.74) is 9.39. The van der Waals surface area contributed by atoms with Crippen LogP contribution in [0.25, 0.3) is 0 Å². The molecule has 0 bridgehead atoms. The SMILES string of the molecule is CCN(Cc1ccccn1)c1ccc(CC(C)N)cc1Br. The van der Waals surface area contributed by atoms with Crippen LogP contribution < -0.4 is 10.6 Å². The molecule has 1 atom stereocenters. The number of nitrogens with two attached hydrogens (primary N) is 1. The summed E-state index contributed by atoms with van der Waals surface area (Å²) in [5, 5.41) is 0. The van der Waals surface area contributed by atoms with Crippen molar-refractivity contribution in [3.63, 3.8) is 0 Å². The maximum Gasteiger partial charge on any atom is 0.0602 e. The van der Waals surface area contributed by atoms with Gasteiger partial charge in [-0.3, -0.25) is 4.98 Å². The summed E-state index contributed by atoms with van der Waals surface area (Å²) in [6.07, 6.45) is 2.73. The third-order valence-electron chi connectivity index (χ3n) is 3.37. The summed E-state index contributed by atoms with van der Waals surface area (Å²) in [6.45, 7) is 5.93. The molecule has 1 aromatic heterocycles. The van der Waals surface area contributed by atoms with Gasteiger partial charge in [0.05, 0.1) is 17.9 Å². The molecule has 3 nitrogen and oxygen atoms in total. The molecule has 0 aliphatic rings. The van der Waals surface area contributed by atoms with E-state index in [2.05, 4.69) is 57.0 Å². The first-order valence-corrected chi connectivity index (χ1v) is 8.08. The van der Waals surface area contributed by atoms with E-state index in [0.717, 1.165) is 29.7 Å². The van der Waals surface area contributed by atoms with Crippen molar-refractivity contribution in [3.8, 4) is 0 Å². The highest BCUT2D eigenvalue weighted by atomic mass is 79.9. The number of pyridine rings is 1. The molecule has 4 heteroatoms. The van der Waals surface area contributed by atoms with E-state index in [1.807, 2.05) is 25.3 Å². The quantitative estimate of drug-likeness (QED) is 0.864. The number of benzene rings is 1. The van der Waals surface area contributed by atoms with Crippen molar-refractivity contribution in [2.45, 2.75) is 32.9 Å². The second-order valence-corrected chi connectivity index (χ2v) is 6.16. The Hall–Kier alpha value is -1.39. The van der Waals surface area contributed by atoms with Crippen molar-refractivity contribution in [1.82, 2.24) is 4.98 Å². The Bertz CT molecular complexity index is 570. The molecule has 0 saturated carbocycles. The molecule has 0 amide bonds. The summed E-state index contributed by atoms with van der Waals surface area (Å²) < 4.78 is 1.11. The summed E-state index contributed by atoms with van der Waals surface area (Å²) >= 11 is 3.69. The maximum absolute atomic E-state index is 5.87. The molecule has 0 fully saturated rings. The number of hydrogen-bond acceptors (Lipinski definition) is 3. The molecule has 0 radical (unpaired) electrons. The number of nitrogens with zero attached hydrogens (tertiary/aromatic N) is 2. The first-order chi connectivity index (χ1) is 10.1. The molecular formula is C17H22BrN3. The zero-order valence-electron chi connectivity index (χ0n) is 12.6. The van der Waals surface area contributed by atoms with Crippen molar-refractivity contribution in [1.29, 1.82) is 0 Å². The second-order valence-electron chi connectivity index (χ2n) is 5.30. The van der Waals surface area contributed by atoms with Crippen molar-refractivity contribution >= 4 is 21.6 Å². The van der Waals surface area contributed by atoms with Crippen LogP contribution in [0.5, 0.6) is 0 Å². The largest absolute Gasteiger partial charge is 0.365 e. The first-order valence-electron chi connectivity index (χ1n) is 7.29. The highest BCUT2D eigenvalue weighted by molar-refractivity contribution is 9.10. The number of aromatic nitrogens is 1. The lowest BCUT2D eigenvalue weighted by Gasteiger charge is -2.24. The van der Waals surface area contributed by atoms with Crippen LogP contribution in [-0.4, -0.2) is 17.6 Å². The topological polar surface area (TPSA) is 42.2 Å². The maximum atomic E-state index is 5.87. The Morgan fingerprint density at radius 2 is 2.10 bits per heavy atom. The van der Waals surface area contributed by atoms with Gasteiger partial charge in [-0.15, -0.1) is 0 Å². The highest BCUT2D eigenvalue weighted by Crippen LogP contribution is 2.28. The van der Waals surface area contributed by atoms with Gasteiger partial charge in [-0.1, -0.05) is 12.1 Å². The number of halogens is 1. The second kappa shape index (κ2) is 7.57. The molecule has 2 N–H and O–H groups in total. The lowest BCUT2D eigenvalue weighted by atomic mass is 10.1. The van der Waals surface area contributed by atoms with Crippen LogP contribution in [0.2, 0.25) is 0 Å². The summed E-state index contributed by atoms with van der Waals surface area (Å²) in [5.74, 6) is 0. The van der Waals surface area contributed by atoms with E-state index in [-0.39, 0.29) is 6.04 Å². The zero-order chi connectivity index (χ0) is 15.2. The molecule has 0 aliphatic heterocycles. The predicted octanol–water partition coefficient (Wildman–Crippen LogP) is 3.76. The van der Waals surface area contributed by atoms with Crippen LogP contribution in [0.15, 0.2) is 47.1 Å². The standard InChI is InChI=1S/C17H22BrN3/c1-3-21(12-15-6-4-5-9-20-15)17-8-7-14(10-13(2)19)11-16(17)18/h4-9,11,13H,3,10,12,19H2,1-2H3. The summed E-state index contributed by atoms with van der Waals surface area (Å²) in [4.78, 5) is 6.71. The average molecular weight is 348 g/mol. The van der Waals surface area contributed by atoms with Gasteiger partial charge in [-0.05, 0) is 66.0 Å². The molecule has 0 aliphatic carbocycles. The van der Waals surface area contributed by atoms with Crippen LogP contribution in [0.4, 0.5) is 5.69 Å². The Morgan fingerprint density at radius 3 is 2.67 bits per heavy atom. The van der Waals surface area contributed by atoms with Gasteiger partial charge >= 0.3 is 0 Å². The lowest BCUT2D eigenvalue weighted by molar-refractivity contribution is 0.737. The molecule has 1 heterocycles. The molecule has 1 unspecified atom stereocenters. The molecule has 1 aromatic carbocycles. The highest BCUT2D eigenvalue weighted by Gasteiger charge is 2.11. The van der Waals surface area contributed by atoms with Crippen LogP contribution in [0, 0.1) is 0 Å². The van der Waals surface area contributed by atoms with E-state index in [1.54, 1.807) is 0 Å². The molecule has 112 valence electrons. The molecule has 0 saturated heterocycles. The monoisotopic (exact) mass is 347 g/mol. The number of rotatable bonds is 6. The van der Waals surface area contributed by atoms with Gasteiger partial charge in [-0.2, -0.15) is 0 Å². The smallest absolute Gasteiger partial charge is 0.0602 e. The van der Waals surface area contributed by atoms with Crippen molar-refractivity contribution in [2.75, 3.05) is 11.4 Å². The zero-order valence-corrected chi connectivity index (χ0v) is 14.2. The van der Waals surface area contributed by atoms with E-state index in [4.69, 9.17) is 5.73 Å². The van der Waals surface area contributed by atoms with Gasteiger partial charge in [0.15, 0.2) is 0 Å². The van der Waals surface area contributed by atoms with Crippen LogP contribution >= 0.6 is 15.9 Å². The fraction of sp³-hybridized carbons (Fsp3) is 0.353. The van der Waals surface area contributed by atoms with E-state index >= 15 is 0 Å². The van der Waals surface area contributed by atoms with E-state index in [0.29, 0.717) is 0 Å². The van der Waals surface area contributed by atoms with Gasteiger partial charge < -0.3 is 10.6 Å². The summed E-state index contributed by atoms with van der Waals surface area (Å²) in [6, 6.07) is 12.7. The fourth-order valence-electron chi connectivity index (χ4n) is 2.36. The molecule has 2 rings (SSSR count). The third-order valence-corrected chi connectivity index (χ3v) is 4.01. The Kier molecular flexibility index (Phi) is 5.76. The normalized spacial score (nSPS) is 12.2. The van der Waals surface area contributed by atoms with E-state index in [1.165, 1.54) is 11.3 Å². The minimum Gasteiger partial charge on any atom is -0.365 e. The molecule has 2 aromatic rings. The average Bonchev–Trinajstić information content (AvgIpc) is 2.46. The lowest BCUT2D eigenvalue weighted by Crippen LogP contribution is -2.23. The third kappa shape index (κ3) is 4.55. The molecule has 0 spiro atoms. The minimum atomic E-state index is 0.179. The van der Waals surface area contributed by atoms with E-state index < -0.39 is 0 Å². The van der Waals surface area contributed by atoms with Crippen molar-refractivity contribution < 1.29 is 0 Å². The fourth-order valence-corrected chi connectivity index (χ4v) is 3.04. The van der Waals surface area contributed by atoms with Crippen molar-refractivity contribution in [3.05, 3.63) is 58.3 Å². The summed E-state index contributed by atoms with van der Waals surface area (Å²) in [7, 11) is 0. The van der Waals surface area contributed by atoms with Crippen LogP contribution in [0.3, 0.4) is 0 Å². The molecular weight excluding hydrogens is 326 g/mol. The van der Waals surface area contributed by atoms with Gasteiger partial charge in [0.2, 0.25) is 0 Å². The number of hydrogen-bond donors (Lipinski definition) is 1. The van der Waals surface area contributed by atoms with E-state index in [9.17, 15) is 0 Å². The van der Waals surface area contributed by atoms with Crippen LogP contribution in [-0.2, 0) is 13.0 Å². The van der Waals surface area contributed by atoms with Crippen molar-refractivity contribution in [2.24, 2.45) is 5.73 Å².